The minimum Gasteiger partial charge on any atom is -0.309 e. The molecule has 1 aliphatic carbocycles. The van der Waals surface area contributed by atoms with Gasteiger partial charge in [0.2, 0.25) is 0 Å². The van der Waals surface area contributed by atoms with Gasteiger partial charge in [-0.25, -0.2) is 9.97 Å². The molecule has 0 aliphatic heterocycles. The predicted molar refractivity (Wildman–Crippen MR) is 187 cm³/mol. The molecule has 0 radical (unpaired) electrons. The number of para-hydroxylation sites is 1. The summed E-state index contributed by atoms with van der Waals surface area (Å²) in [6.45, 7) is 0. The molecule has 9 aromatic rings. The SMILES string of the molecule is c1ccc(-c2nc(-c3cccc(-c4cccc(-n5c6cccc7c6c6c8c-7cccc8ccc65)c4)c3)nc3ccccc23)cc1. The van der Waals surface area contributed by atoms with Crippen LogP contribution in [0.15, 0.2) is 152 Å². The zero-order valence-electron chi connectivity index (χ0n) is 24.3. The Bertz CT molecular complexity index is 2650. The summed E-state index contributed by atoms with van der Waals surface area (Å²) in [6, 6.07) is 54.0. The van der Waals surface area contributed by atoms with E-state index in [1.807, 2.05) is 18.2 Å². The number of hydrogen-bond donors (Lipinski definition) is 0. The Balaban J connectivity index is 1.13. The molecule has 0 saturated heterocycles. The van der Waals surface area contributed by atoms with Crippen molar-refractivity contribution in [3.05, 3.63) is 152 Å². The van der Waals surface area contributed by atoms with E-state index in [9.17, 15) is 0 Å². The molecule has 0 amide bonds. The summed E-state index contributed by atoms with van der Waals surface area (Å²) in [5.41, 5.74) is 12.6. The van der Waals surface area contributed by atoms with Crippen LogP contribution in [-0.4, -0.2) is 14.5 Å². The normalized spacial score (nSPS) is 12.0. The van der Waals surface area contributed by atoms with Gasteiger partial charge < -0.3 is 4.57 Å². The van der Waals surface area contributed by atoms with E-state index in [0.29, 0.717) is 0 Å². The summed E-state index contributed by atoms with van der Waals surface area (Å²) < 4.78 is 2.43. The smallest absolute Gasteiger partial charge is 0.160 e. The second kappa shape index (κ2) is 9.22. The van der Waals surface area contributed by atoms with Gasteiger partial charge in [-0.1, -0.05) is 115 Å². The van der Waals surface area contributed by atoms with Crippen molar-refractivity contribution in [2.24, 2.45) is 0 Å². The van der Waals surface area contributed by atoms with Gasteiger partial charge in [0.1, 0.15) is 0 Å². The first-order valence-electron chi connectivity index (χ1n) is 15.3. The van der Waals surface area contributed by atoms with Crippen molar-refractivity contribution in [3.63, 3.8) is 0 Å². The third-order valence-corrected chi connectivity index (χ3v) is 9.30. The number of nitrogens with zero attached hydrogens (tertiary/aromatic N) is 3. The third kappa shape index (κ3) is 3.52. The van der Waals surface area contributed by atoms with Crippen LogP contribution in [0.1, 0.15) is 0 Å². The van der Waals surface area contributed by atoms with Gasteiger partial charge in [0.05, 0.1) is 22.2 Å². The molecule has 0 unspecified atom stereocenters. The molecule has 0 N–H and O–H groups in total. The molecule has 10 rings (SSSR count). The maximum atomic E-state index is 5.12. The molecule has 0 spiro atoms. The quantitative estimate of drug-likeness (QED) is 0.210. The summed E-state index contributed by atoms with van der Waals surface area (Å²) >= 11 is 0. The molecule has 3 heteroatoms. The average Bonchev–Trinajstić information content (AvgIpc) is 3.64. The highest BCUT2D eigenvalue weighted by Gasteiger charge is 2.24. The van der Waals surface area contributed by atoms with Gasteiger partial charge >= 0.3 is 0 Å². The van der Waals surface area contributed by atoms with E-state index in [1.54, 1.807) is 0 Å². The monoisotopic (exact) mass is 571 g/mol. The summed E-state index contributed by atoms with van der Waals surface area (Å²) in [5.74, 6) is 0.727. The van der Waals surface area contributed by atoms with Crippen LogP contribution in [0.2, 0.25) is 0 Å². The van der Waals surface area contributed by atoms with Crippen LogP contribution in [0.5, 0.6) is 0 Å². The van der Waals surface area contributed by atoms with Gasteiger partial charge in [-0.2, -0.15) is 0 Å². The second-order valence-corrected chi connectivity index (χ2v) is 11.8. The lowest BCUT2D eigenvalue weighted by Gasteiger charge is -2.13. The number of hydrogen-bond acceptors (Lipinski definition) is 2. The number of fused-ring (bicyclic) bond motifs is 2. The van der Waals surface area contributed by atoms with Gasteiger partial charge in [-0.15, -0.1) is 0 Å². The highest BCUT2D eigenvalue weighted by Crippen LogP contribution is 2.49. The number of benzene rings is 7. The average molecular weight is 572 g/mol. The first kappa shape index (κ1) is 24.4. The van der Waals surface area contributed by atoms with Crippen LogP contribution in [0.25, 0.3) is 94.1 Å². The summed E-state index contributed by atoms with van der Waals surface area (Å²) in [6.07, 6.45) is 0. The summed E-state index contributed by atoms with van der Waals surface area (Å²) in [4.78, 5) is 10.1. The number of rotatable bonds is 4. The van der Waals surface area contributed by atoms with Crippen molar-refractivity contribution in [2.75, 3.05) is 0 Å². The van der Waals surface area contributed by atoms with E-state index in [0.717, 1.165) is 50.4 Å². The molecule has 1 aliphatic rings. The zero-order chi connectivity index (χ0) is 29.5. The molecule has 0 bridgehead atoms. The Hall–Kier alpha value is -6.06. The Morgan fingerprint density at radius 2 is 1.11 bits per heavy atom. The van der Waals surface area contributed by atoms with Crippen LogP contribution < -0.4 is 0 Å². The van der Waals surface area contributed by atoms with Gasteiger partial charge in [-0.05, 0) is 69.4 Å². The Morgan fingerprint density at radius 3 is 2.02 bits per heavy atom. The third-order valence-electron chi connectivity index (χ3n) is 9.30. The highest BCUT2D eigenvalue weighted by molar-refractivity contribution is 6.33. The van der Waals surface area contributed by atoms with Gasteiger partial charge in [0.25, 0.3) is 0 Å². The standard InChI is InChI=1S/C42H25N3/c1-2-10-27(11-3-1)41-34-17-4-5-20-35(34)43-42(44-41)30-15-6-13-28(24-30)29-14-7-16-31(25-29)45-36-21-9-19-33-32-18-8-12-26-22-23-37(45)40(38(26)32)39(33)36/h1-25H. The lowest BCUT2D eigenvalue weighted by Crippen LogP contribution is -1.96. The van der Waals surface area contributed by atoms with Crippen LogP contribution >= 0.6 is 0 Å². The van der Waals surface area contributed by atoms with Crippen molar-refractivity contribution < 1.29 is 0 Å². The van der Waals surface area contributed by atoms with Crippen molar-refractivity contribution >= 4 is 43.5 Å². The minimum atomic E-state index is 0.727. The Morgan fingerprint density at radius 1 is 0.422 bits per heavy atom. The molecule has 208 valence electrons. The van der Waals surface area contributed by atoms with E-state index < -0.39 is 0 Å². The molecule has 7 aromatic carbocycles. The van der Waals surface area contributed by atoms with E-state index in [4.69, 9.17) is 9.97 Å². The molecule has 0 atom stereocenters. The van der Waals surface area contributed by atoms with Gasteiger partial charge in [0, 0.05) is 33.0 Å². The van der Waals surface area contributed by atoms with Crippen LogP contribution in [0.3, 0.4) is 0 Å². The Labute approximate surface area is 259 Å². The molecule has 45 heavy (non-hydrogen) atoms. The highest BCUT2D eigenvalue weighted by atomic mass is 15.0. The van der Waals surface area contributed by atoms with Crippen LogP contribution in [0, 0.1) is 0 Å². The number of aromatic nitrogens is 3. The van der Waals surface area contributed by atoms with Crippen LogP contribution in [0.4, 0.5) is 0 Å². The first-order chi connectivity index (χ1) is 22.3. The van der Waals surface area contributed by atoms with E-state index in [2.05, 4.69) is 138 Å². The maximum absolute atomic E-state index is 5.12. The minimum absolute atomic E-state index is 0.727. The molecule has 2 aromatic heterocycles. The lowest BCUT2D eigenvalue weighted by atomic mass is 10.0. The van der Waals surface area contributed by atoms with Crippen molar-refractivity contribution in [1.82, 2.24) is 14.5 Å². The van der Waals surface area contributed by atoms with Crippen molar-refractivity contribution in [1.29, 1.82) is 0 Å². The van der Waals surface area contributed by atoms with Crippen molar-refractivity contribution in [3.8, 4) is 50.6 Å². The van der Waals surface area contributed by atoms with E-state index in [1.165, 1.54) is 43.7 Å². The first-order valence-corrected chi connectivity index (χ1v) is 15.3. The van der Waals surface area contributed by atoms with Crippen molar-refractivity contribution in [2.45, 2.75) is 0 Å². The molecule has 2 heterocycles. The molecular weight excluding hydrogens is 546 g/mol. The fourth-order valence-electron chi connectivity index (χ4n) is 7.34. The van der Waals surface area contributed by atoms with Gasteiger partial charge in [0.15, 0.2) is 5.82 Å². The second-order valence-electron chi connectivity index (χ2n) is 11.8. The summed E-state index contributed by atoms with van der Waals surface area (Å²) in [5, 5.41) is 6.44. The van der Waals surface area contributed by atoms with E-state index in [-0.39, 0.29) is 0 Å². The maximum Gasteiger partial charge on any atom is 0.160 e. The fourth-order valence-corrected chi connectivity index (χ4v) is 7.34. The summed E-state index contributed by atoms with van der Waals surface area (Å²) in [7, 11) is 0. The molecular formula is C42H25N3. The zero-order valence-corrected chi connectivity index (χ0v) is 24.3. The largest absolute Gasteiger partial charge is 0.309 e. The molecule has 0 saturated carbocycles. The lowest BCUT2D eigenvalue weighted by molar-refractivity contribution is 1.18. The van der Waals surface area contributed by atoms with Crippen LogP contribution in [-0.2, 0) is 0 Å². The van der Waals surface area contributed by atoms with E-state index >= 15 is 0 Å². The molecule has 3 nitrogen and oxygen atoms in total. The fraction of sp³-hybridized carbons (Fsp3) is 0. The van der Waals surface area contributed by atoms with Gasteiger partial charge in [-0.3, -0.25) is 0 Å². The topological polar surface area (TPSA) is 30.7 Å². The predicted octanol–water partition coefficient (Wildman–Crippen LogP) is 10.9. The molecule has 0 fully saturated rings. The Kier molecular flexibility index (Phi) is 5.00.